The maximum atomic E-state index is 13.4. The zero-order valence-electron chi connectivity index (χ0n) is 11.4. The number of nitrogens with zero attached hydrogens (tertiary/aromatic N) is 2. The molecule has 0 saturated heterocycles. The van der Waals surface area contributed by atoms with Crippen LogP contribution in [0.25, 0.3) is 11.1 Å². The Morgan fingerprint density at radius 2 is 1.73 bits per heavy atom. The summed E-state index contributed by atoms with van der Waals surface area (Å²) in [5.41, 5.74) is 7.39. The lowest BCUT2D eigenvalue weighted by Gasteiger charge is -2.11. The molecule has 2 aromatic carbocycles. The fourth-order valence-corrected chi connectivity index (χ4v) is 2.02. The Bertz CT molecular complexity index is 806. The van der Waals surface area contributed by atoms with E-state index in [0.29, 0.717) is 16.9 Å². The highest BCUT2D eigenvalue weighted by Crippen LogP contribution is 2.29. The quantitative estimate of drug-likeness (QED) is 0.773. The molecule has 4 nitrogen and oxygen atoms in total. The van der Waals surface area contributed by atoms with Gasteiger partial charge < -0.3 is 11.1 Å². The number of para-hydroxylation sites is 1. The number of nitrogen functional groups attached to an aromatic ring is 1. The van der Waals surface area contributed by atoms with Crippen LogP contribution in [-0.4, -0.2) is 9.97 Å². The first-order valence-electron chi connectivity index (χ1n) is 6.53. The lowest BCUT2D eigenvalue weighted by molar-refractivity contribution is 0.509. The third-order valence-electron chi connectivity index (χ3n) is 3.07. The van der Waals surface area contributed by atoms with Crippen molar-refractivity contribution in [3.05, 3.63) is 66.4 Å². The van der Waals surface area contributed by atoms with Gasteiger partial charge in [0.05, 0.1) is 0 Å². The molecular formula is C16H12F2N4. The van der Waals surface area contributed by atoms with Crippen LogP contribution in [0.2, 0.25) is 0 Å². The topological polar surface area (TPSA) is 63.8 Å². The second kappa shape index (κ2) is 5.77. The van der Waals surface area contributed by atoms with Gasteiger partial charge in [0, 0.05) is 17.4 Å². The highest BCUT2D eigenvalue weighted by atomic mass is 19.2. The summed E-state index contributed by atoms with van der Waals surface area (Å²) in [6.45, 7) is 0. The molecule has 0 unspecified atom stereocenters. The van der Waals surface area contributed by atoms with Crippen molar-refractivity contribution in [2.45, 2.75) is 0 Å². The summed E-state index contributed by atoms with van der Waals surface area (Å²) in [6, 6.07) is 12.9. The number of aromatic nitrogens is 2. The molecule has 0 aliphatic rings. The molecular weight excluding hydrogens is 286 g/mol. The normalized spacial score (nSPS) is 10.5. The Morgan fingerprint density at radius 1 is 0.955 bits per heavy atom. The van der Waals surface area contributed by atoms with E-state index in [1.165, 1.54) is 12.3 Å². The Morgan fingerprint density at radius 3 is 2.45 bits per heavy atom. The standard InChI is InChI=1S/C16H12F2N4/c17-13-7-6-10(8-14(13)18)12-9-20-16(19)22-15(12)21-11-4-2-1-3-5-11/h1-9H,(H3,19,20,21,22). The van der Waals surface area contributed by atoms with E-state index < -0.39 is 11.6 Å². The number of benzene rings is 2. The minimum Gasteiger partial charge on any atom is -0.368 e. The maximum Gasteiger partial charge on any atom is 0.221 e. The van der Waals surface area contributed by atoms with E-state index in [1.54, 1.807) is 0 Å². The van der Waals surface area contributed by atoms with Crippen LogP contribution in [0.5, 0.6) is 0 Å². The van der Waals surface area contributed by atoms with Crippen molar-refractivity contribution in [1.29, 1.82) is 0 Å². The van der Waals surface area contributed by atoms with Crippen LogP contribution in [0.15, 0.2) is 54.7 Å². The van der Waals surface area contributed by atoms with E-state index in [9.17, 15) is 8.78 Å². The SMILES string of the molecule is Nc1ncc(-c2ccc(F)c(F)c2)c(Nc2ccccc2)n1. The molecule has 22 heavy (non-hydrogen) atoms. The van der Waals surface area contributed by atoms with Gasteiger partial charge >= 0.3 is 0 Å². The molecule has 0 radical (unpaired) electrons. The van der Waals surface area contributed by atoms with E-state index in [4.69, 9.17) is 5.73 Å². The van der Waals surface area contributed by atoms with Gasteiger partial charge in [0.2, 0.25) is 5.95 Å². The molecule has 0 bridgehead atoms. The van der Waals surface area contributed by atoms with Crippen molar-refractivity contribution in [3.8, 4) is 11.1 Å². The van der Waals surface area contributed by atoms with Crippen molar-refractivity contribution < 1.29 is 8.78 Å². The molecule has 3 rings (SSSR count). The average molecular weight is 298 g/mol. The minimum absolute atomic E-state index is 0.0877. The Balaban J connectivity index is 2.05. The van der Waals surface area contributed by atoms with E-state index in [2.05, 4.69) is 15.3 Å². The fraction of sp³-hybridized carbons (Fsp3) is 0. The predicted molar refractivity (Wildman–Crippen MR) is 81.5 cm³/mol. The van der Waals surface area contributed by atoms with E-state index >= 15 is 0 Å². The number of anilines is 3. The van der Waals surface area contributed by atoms with Gasteiger partial charge in [0.25, 0.3) is 0 Å². The first kappa shape index (κ1) is 13.9. The molecule has 0 aliphatic heterocycles. The Labute approximate surface area is 125 Å². The lowest BCUT2D eigenvalue weighted by Crippen LogP contribution is -2.02. The number of rotatable bonds is 3. The summed E-state index contributed by atoms with van der Waals surface area (Å²) >= 11 is 0. The largest absolute Gasteiger partial charge is 0.368 e. The van der Waals surface area contributed by atoms with E-state index in [-0.39, 0.29) is 5.95 Å². The number of nitrogens with two attached hydrogens (primary N) is 1. The highest BCUT2D eigenvalue weighted by molar-refractivity contribution is 5.78. The molecule has 0 spiro atoms. The van der Waals surface area contributed by atoms with E-state index in [1.807, 2.05) is 30.3 Å². The maximum absolute atomic E-state index is 13.4. The zero-order chi connectivity index (χ0) is 15.5. The van der Waals surface area contributed by atoms with Gasteiger partial charge in [-0.3, -0.25) is 0 Å². The predicted octanol–water partition coefficient (Wildman–Crippen LogP) is 3.75. The third-order valence-corrected chi connectivity index (χ3v) is 3.07. The smallest absolute Gasteiger partial charge is 0.221 e. The van der Waals surface area contributed by atoms with Crippen LogP contribution < -0.4 is 11.1 Å². The van der Waals surface area contributed by atoms with Gasteiger partial charge in [-0.05, 0) is 29.8 Å². The summed E-state index contributed by atoms with van der Waals surface area (Å²) < 4.78 is 26.5. The van der Waals surface area contributed by atoms with Crippen molar-refractivity contribution in [1.82, 2.24) is 9.97 Å². The summed E-state index contributed by atoms with van der Waals surface area (Å²) in [5, 5.41) is 3.10. The third kappa shape index (κ3) is 2.85. The molecule has 0 atom stereocenters. The highest BCUT2D eigenvalue weighted by Gasteiger charge is 2.11. The number of nitrogens with one attached hydrogen (secondary N) is 1. The first-order valence-corrected chi connectivity index (χ1v) is 6.53. The van der Waals surface area contributed by atoms with Gasteiger partial charge in [-0.2, -0.15) is 4.98 Å². The van der Waals surface area contributed by atoms with Gasteiger partial charge in [0.15, 0.2) is 11.6 Å². The molecule has 0 fully saturated rings. The number of hydrogen-bond donors (Lipinski definition) is 2. The van der Waals surface area contributed by atoms with Crippen LogP contribution >= 0.6 is 0 Å². The second-order valence-corrected chi connectivity index (χ2v) is 4.61. The van der Waals surface area contributed by atoms with Crippen LogP contribution in [-0.2, 0) is 0 Å². The summed E-state index contributed by atoms with van der Waals surface area (Å²) in [4.78, 5) is 8.06. The van der Waals surface area contributed by atoms with Crippen LogP contribution in [0.3, 0.4) is 0 Å². The molecule has 0 aliphatic carbocycles. The summed E-state index contributed by atoms with van der Waals surface area (Å²) in [6.07, 6.45) is 1.47. The van der Waals surface area contributed by atoms with Gasteiger partial charge in [-0.15, -0.1) is 0 Å². The number of halogens is 2. The summed E-state index contributed by atoms with van der Waals surface area (Å²) in [5.74, 6) is -1.33. The zero-order valence-corrected chi connectivity index (χ0v) is 11.4. The molecule has 1 aromatic heterocycles. The molecule has 0 amide bonds. The lowest BCUT2D eigenvalue weighted by atomic mass is 10.1. The van der Waals surface area contributed by atoms with Gasteiger partial charge in [0.1, 0.15) is 5.82 Å². The van der Waals surface area contributed by atoms with Crippen molar-refractivity contribution in [2.24, 2.45) is 0 Å². The molecule has 3 aromatic rings. The molecule has 0 saturated carbocycles. The van der Waals surface area contributed by atoms with Crippen LogP contribution in [0, 0.1) is 11.6 Å². The molecule has 3 N–H and O–H groups in total. The molecule has 1 heterocycles. The number of hydrogen-bond acceptors (Lipinski definition) is 4. The molecule has 6 heteroatoms. The van der Waals surface area contributed by atoms with Gasteiger partial charge in [-0.25, -0.2) is 13.8 Å². The Kier molecular flexibility index (Phi) is 3.65. The van der Waals surface area contributed by atoms with Crippen LogP contribution in [0.1, 0.15) is 0 Å². The summed E-state index contributed by atoms with van der Waals surface area (Å²) in [7, 11) is 0. The van der Waals surface area contributed by atoms with Crippen molar-refractivity contribution >= 4 is 17.5 Å². The van der Waals surface area contributed by atoms with Crippen molar-refractivity contribution in [2.75, 3.05) is 11.1 Å². The van der Waals surface area contributed by atoms with Crippen LogP contribution in [0.4, 0.5) is 26.2 Å². The monoisotopic (exact) mass is 298 g/mol. The van der Waals surface area contributed by atoms with Gasteiger partial charge in [-0.1, -0.05) is 24.3 Å². The fourth-order valence-electron chi connectivity index (χ4n) is 2.02. The minimum atomic E-state index is -0.931. The average Bonchev–Trinajstić information content (AvgIpc) is 2.51. The second-order valence-electron chi connectivity index (χ2n) is 4.61. The Hall–Kier alpha value is -3.02. The van der Waals surface area contributed by atoms with Crippen molar-refractivity contribution in [3.63, 3.8) is 0 Å². The first-order chi connectivity index (χ1) is 10.6. The molecule has 110 valence electrons. The van der Waals surface area contributed by atoms with E-state index in [0.717, 1.165) is 17.8 Å².